The number of hydrogen-bond donors (Lipinski definition) is 0. The number of rotatable bonds is 3. The molecule has 2 aromatic rings. The smallest absolute Gasteiger partial charge is 0.379 e. The molecular formula is C12H6Br2O4. The first-order valence-electron chi connectivity index (χ1n) is 4.82. The fourth-order valence-corrected chi connectivity index (χ4v) is 1.96. The van der Waals surface area contributed by atoms with Crippen LogP contribution in [0.25, 0.3) is 0 Å². The second-order valence-corrected chi connectivity index (χ2v) is 4.99. The van der Waals surface area contributed by atoms with Crippen LogP contribution in [0.4, 0.5) is 0 Å². The van der Waals surface area contributed by atoms with E-state index in [1.54, 1.807) is 18.2 Å². The van der Waals surface area contributed by atoms with Crippen LogP contribution in [0.2, 0.25) is 0 Å². The molecule has 0 amide bonds. The summed E-state index contributed by atoms with van der Waals surface area (Å²) < 4.78 is 11.3. The summed E-state index contributed by atoms with van der Waals surface area (Å²) in [6.45, 7) is 0. The summed E-state index contributed by atoms with van der Waals surface area (Å²) in [5.41, 5.74) is 0.281. The highest BCUT2D eigenvalue weighted by Gasteiger charge is 2.15. The van der Waals surface area contributed by atoms with Crippen molar-refractivity contribution < 1.29 is 18.7 Å². The molecule has 0 radical (unpaired) electrons. The summed E-state index contributed by atoms with van der Waals surface area (Å²) in [6.07, 6.45) is 0.616. The van der Waals surface area contributed by atoms with Crippen molar-refractivity contribution in [2.75, 3.05) is 0 Å². The molecule has 1 aromatic heterocycles. The number of aldehydes is 1. The SMILES string of the molecule is O=Cc1cc(Br)ccc1OC(=O)c1ccc(Br)o1. The first kappa shape index (κ1) is 13.0. The van der Waals surface area contributed by atoms with Crippen molar-refractivity contribution in [1.29, 1.82) is 0 Å². The average molecular weight is 374 g/mol. The fraction of sp³-hybridized carbons (Fsp3) is 0. The summed E-state index contributed by atoms with van der Waals surface area (Å²) in [7, 11) is 0. The van der Waals surface area contributed by atoms with Crippen molar-refractivity contribution in [2.45, 2.75) is 0 Å². The Morgan fingerprint density at radius 2 is 2.00 bits per heavy atom. The van der Waals surface area contributed by atoms with Gasteiger partial charge >= 0.3 is 5.97 Å². The van der Waals surface area contributed by atoms with Gasteiger partial charge in [-0.2, -0.15) is 0 Å². The highest BCUT2D eigenvalue weighted by molar-refractivity contribution is 9.10. The molecule has 0 N–H and O–H groups in total. The van der Waals surface area contributed by atoms with E-state index in [0.29, 0.717) is 11.0 Å². The maximum Gasteiger partial charge on any atom is 0.379 e. The molecule has 0 saturated carbocycles. The van der Waals surface area contributed by atoms with Gasteiger partial charge in [-0.3, -0.25) is 4.79 Å². The fourth-order valence-electron chi connectivity index (χ4n) is 1.28. The Morgan fingerprint density at radius 3 is 2.61 bits per heavy atom. The number of furan rings is 1. The molecule has 92 valence electrons. The lowest BCUT2D eigenvalue weighted by atomic mass is 10.2. The number of esters is 1. The van der Waals surface area contributed by atoms with Gasteiger partial charge in [0.05, 0.1) is 5.56 Å². The highest BCUT2D eigenvalue weighted by Crippen LogP contribution is 2.23. The van der Waals surface area contributed by atoms with Gasteiger partial charge in [0.1, 0.15) is 5.75 Å². The predicted octanol–water partition coefficient (Wildman–Crippen LogP) is 3.84. The molecule has 0 unspecified atom stereocenters. The molecule has 0 bridgehead atoms. The molecule has 0 spiro atoms. The molecule has 2 rings (SSSR count). The van der Waals surface area contributed by atoms with Crippen LogP contribution in [0.5, 0.6) is 5.75 Å². The van der Waals surface area contributed by atoms with E-state index in [-0.39, 0.29) is 17.1 Å². The number of carbonyl (C=O) groups excluding carboxylic acids is 2. The number of benzene rings is 1. The summed E-state index contributed by atoms with van der Waals surface area (Å²) in [4.78, 5) is 22.6. The number of carbonyl (C=O) groups is 2. The van der Waals surface area contributed by atoms with Crippen LogP contribution in [-0.4, -0.2) is 12.3 Å². The summed E-state index contributed by atoms with van der Waals surface area (Å²) >= 11 is 6.31. The van der Waals surface area contributed by atoms with E-state index in [2.05, 4.69) is 31.9 Å². The Balaban J connectivity index is 2.24. The summed E-state index contributed by atoms with van der Waals surface area (Å²) in [5, 5.41) is 0. The van der Waals surface area contributed by atoms with Gasteiger partial charge in [0, 0.05) is 4.47 Å². The van der Waals surface area contributed by atoms with Crippen molar-refractivity contribution in [3.8, 4) is 5.75 Å². The molecule has 0 fully saturated rings. The summed E-state index contributed by atoms with van der Waals surface area (Å²) in [6, 6.07) is 7.83. The minimum absolute atomic E-state index is 0.0571. The van der Waals surface area contributed by atoms with Crippen molar-refractivity contribution in [2.24, 2.45) is 0 Å². The molecule has 0 aliphatic heterocycles. The Morgan fingerprint density at radius 1 is 1.22 bits per heavy atom. The second kappa shape index (κ2) is 5.49. The Bertz CT molecular complexity index is 604. The molecule has 1 heterocycles. The van der Waals surface area contributed by atoms with E-state index >= 15 is 0 Å². The molecule has 0 atom stereocenters. The van der Waals surface area contributed by atoms with E-state index in [9.17, 15) is 9.59 Å². The highest BCUT2D eigenvalue weighted by atomic mass is 79.9. The standard InChI is InChI=1S/C12H6Br2O4/c13-8-1-2-9(7(5-8)6-15)18-12(16)10-3-4-11(14)17-10/h1-6H. The van der Waals surface area contributed by atoms with E-state index in [4.69, 9.17) is 9.15 Å². The zero-order valence-corrected chi connectivity index (χ0v) is 12.0. The van der Waals surface area contributed by atoms with Crippen LogP contribution in [-0.2, 0) is 0 Å². The van der Waals surface area contributed by atoms with Gasteiger partial charge in [-0.1, -0.05) is 15.9 Å². The first-order chi connectivity index (χ1) is 8.60. The largest absolute Gasteiger partial charge is 0.442 e. The van der Waals surface area contributed by atoms with Gasteiger partial charge in [-0.25, -0.2) is 4.79 Å². The third kappa shape index (κ3) is 2.88. The summed E-state index contributed by atoms with van der Waals surface area (Å²) in [5.74, 6) is -0.418. The van der Waals surface area contributed by atoms with Gasteiger partial charge in [-0.05, 0) is 46.3 Å². The maximum absolute atomic E-state index is 11.7. The maximum atomic E-state index is 11.7. The van der Waals surface area contributed by atoms with Crippen molar-refractivity contribution in [3.05, 3.63) is 50.8 Å². The van der Waals surface area contributed by atoms with Crippen LogP contribution in [0, 0.1) is 0 Å². The number of hydrogen-bond acceptors (Lipinski definition) is 4. The Labute approximate surface area is 119 Å². The van der Waals surface area contributed by atoms with E-state index in [1.165, 1.54) is 12.1 Å². The van der Waals surface area contributed by atoms with Crippen LogP contribution in [0.15, 0.2) is 43.9 Å². The zero-order valence-electron chi connectivity index (χ0n) is 8.85. The lowest BCUT2D eigenvalue weighted by Crippen LogP contribution is -2.08. The van der Waals surface area contributed by atoms with E-state index in [0.717, 1.165) is 4.47 Å². The monoisotopic (exact) mass is 372 g/mol. The molecule has 18 heavy (non-hydrogen) atoms. The first-order valence-corrected chi connectivity index (χ1v) is 6.41. The lowest BCUT2D eigenvalue weighted by Gasteiger charge is -2.05. The Kier molecular flexibility index (Phi) is 3.98. The molecular weight excluding hydrogens is 368 g/mol. The third-order valence-electron chi connectivity index (χ3n) is 2.08. The molecule has 0 saturated heterocycles. The predicted molar refractivity (Wildman–Crippen MR) is 70.9 cm³/mol. The second-order valence-electron chi connectivity index (χ2n) is 3.29. The van der Waals surface area contributed by atoms with E-state index < -0.39 is 5.97 Å². The molecule has 6 heteroatoms. The third-order valence-corrected chi connectivity index (χ3v) is 3.00. The molecule has 0 aliphatic carbocycles. The van der Waals surface area contributed by atoms with Crippen molar-refractivity contribution in [3.63, 3.8) is 0 Å². The molecule has 4 nitrogen and oxygen atoms in total. The van der Waals surface area contributed by atoms with Crippen molar-refractivity contribution >= 4 is 44.1 Å². The van der Waals surface area contributed by atoms with Crippen LogP contribution < -0.4 is 4.74 Å². The minimum atomic E-state index is -0.661. The molecule has 0 aliphatic rings. The van der Waals surface area contributed by atoms with Gasteiger partial charge in [0.2, 0.25) is 5.76 Å². The van der Waals surface area contributed by atoms with Gasteiger partial charge in [-0.15, -0.1) is 0 Å². The normalized spacial score (nSPS) is 10.1. The number of ether oxygens (including phenoxy) is 1. The number of halogens is 2. The van der Waals surface area contributed by atoms with Gasteiger partial charge < -0.3 is 9.15 Å². The Hall–Kier alpha value is -1.40. The van der Waals surface area contributed by atoms with Crippen LogP contribution >= 0.6 is 31.9 Å². The quantitative estimate of drug-likeness (QED) is 0.466. The average Bonchev–Trinajstić information content (AvgIpc) is 2.78. The molecule has 1 aromatic carbocycles. The van der Waals surface area contributed by atoms with Crippen LogP contribution in [0.3, 0.4) is 0 Å². The topological polar surface area (TPSA) is 56.5 Å². The van der Waals surface area contributed by atoms with Crippen molar-refractivity contribution in [1.82, 2.24) is 0 Å². The van der Waals surface area contributed by atoms with Gasteiger partial charge in [0.15, 0.2) is 11.0 Å². The zero-order chi connectivity index (χ0) is 13.1. The van der Waals surface area contributed by atoms with Crippen LogP contribution in [0.1, 0.15) is 20.9 Å². The van der Waals surface area contributed by atoms with E-state index in [1.807, 2.05) is 0 Å². The van der Waals surface area contributed by atoms with Gasteiger partial charge in [0.25, 0.3) is 0 Å². The minimum Gasteiger partial charge on any atom is -0.442 e. The lowest BCUT2D eigenvalue weighted by molar-refractivity contribution is 0.0698.